The lowest BCUT2D eigenvalue weighted by atomic mass is 9.93. The van der Waals surface area contributed by atoms with Crippen molar-refractivity contribution < 1.29 is 24.2 Å². The van der Waals surface area contributed by atoms with Crippen LogP contribution < -0.4 is 0 Å². The number of piperazine rings is 1. The molecule has 0 spiro atoms. The molecule has 5 rings (SSSR count). The van der Waals surface area contributed by atoms with E-state index in [0.717, 1.165) is 49.3 Å². The number of hydrogen-bond donors (Lipinski definition) is 2. The molecule has 3 aromatic rings. The van der Waals surface area contributed by atoms with Gasteiger partial charge in [-0.1, -0.05) is 36.4 Å². The number of hydrogen-bond acceptors (Lipinski definition) is 6. The first-order chi connectivity index (χ1) is 20.8. The van der Waals surface area contributed by atoms with Gasteiger partial charge in [0.15, 0.2) is 0 Å². The Morgan fingerprint density at radius 1 is 0.884 bits per heavy atom. The Bertz CT molecular complexity index is 1420. The number of carbonyl (C=O) groups is 2. The van der Waals surface area contributed by atoms with Gasteiger partial charge in [0.25, 0.3) is 5.91 Å². The summed E-state index contributed by atoms with van der Waals surface area (Å²) in [6.45, 7) is 8.37. The molecule has 2 saturated heterocycles. The van der Waals surface area contributed by atoms with Gasteiger partial charge in [-0.2, -0.15) is 0 Å². The Hall–Kier alpha value is -3.79. The number of phenolic OH excluding ortho intramolecular Hbond substituents is 1. The van der Waals surface area contributed by atoms with Crippen molar-refractivity contribution in [3.05, 3.63) is 101 Å². The van der Waals surface area contributed by atoms with E-state index >= 15 is 0 Å². The lowest BCUT2D eigenvalue weighted by Crippen LogP contribution is -2.52. The van der Waals surface area contributed by atoms with E-state index in [-0.39, 0.29) is 36.0 Å². The minimum Gasteiger partial charge on any atom is -0.508 e. The number of carbonyl (C=O) groups excluding carboxylic acids is 1. The van der Waals surface area contributed by atoms with Crippen molar-refractivity contribution in [3.8, 4) is 5.75 Å². The zero-order chi connectivity index (χ0) is 30.3. The van der Waals surface area contributed by atoms with E-state index in [9.17, 15) is 19.1 Å². The van der Waals surface area contributed by atoms with Crippen LogP contribution in [0.3, 0.4) is 0 Å². The average molecular weight is 589 g/mol. The molecule has 0 radical (unpaired) electrons. The van der Waals surface area contributed by atoms with E-state index in [4.69, 9.17) is 5.11 Å². The van der Waals surface area contributed by atoms with Gasteiger partial charge in [0, 0.05) is 64.0 Å². The first-order valence-corrected chi connectivity index (χ1v) is 15.1. The second-order valence-electron chi connectivity index (χ2n) is 11.7. The van der Waals surface area contributed by atoms with E-state index in [1.165, 1.54) is 6.07 Å². The third kappa shape index (κ3) is 7.98. The SMILES string of the molecule is CC1CN(Cc2cccc(F)c2)CCN1C(c1cccc(O)c1)c1cccc(C(=O)N2CCCN(CCC(=O)O)CC2)c1. The molecule has 2 fully saturated rings. The zero-order valence-electron chi connectivity index (χ0n) is 24.7. The molecule has 2 heterocycles. The lowest BCUT2D eigenvalue weighted by molar-refractivity contribution is -0.137. The van der Waals surface area contributed by atoms with Crippen molar-refractivity contribution in [2.45, 2.75) is 38.4 Å². The van der Waals surface area contributed by atoms with Gasteiger partial charge in [-0.15, -0.1) is 0 Å². The molecule has 228 valence electrons. The molecule has 2 atom stereocenters. The minimum absolute atomic E-state index is 0.0236. The molecular weight excluding hydrogens is 547 g/mol. The van der Waals surface area contributed by atoms with Crippen molar-refractivity contribution >= 4 is 11.9 Å². The topological polar surface area (TPSA) is 87.6 Å². The van der Waals surface area contributed by atoms with E-state index in [1.807, 2.05) is 47.4 Å². The number of benzene rings is 3. The molecule has 2 N–H and O–H groups in total. The summed E-state index contributed by atoms with van der Waals surface area (Å²) in [6.07, 6.45) is 0.901. The molecule has 0 aromatic heterocycles. The number of aromatic hydroxyl groups is 1. The molecule has 2 aliphatic rings. The van der Waals surface area contributed by atoms with Gasteiger partial charge >= 0.3 is 5.97 Å². The first-order valence-electron chi connectivity index (χ1n) is 15.1. The highest BCUT2D eigenvalue weighted by Gasteiger charge is 2.32. The average Bonchev–Trinajstić information content (AvgIpc) is 3.23. The van der Waals surface area contributed by atoms with Crippen molar-refractivity contribution in [2.24, 2.45) is 0 Å². The van der Waals surface area contributed by atoms with Crippen LogP contribution in [0.25, 0.3) is 0 Å². The normalized spacial score (nSPS) is 19.6. The van der Waals surface area contributed by atoms with Gasteiger partial charge in [0.1, 0.15) is 11.6 Å². The highest BCUT2D eigenvalue weighted by molar-refractivity contribution is 5.94. The first kappa shape index (κ1) is 30.7. The van der Waals surface area contributed by atoms with E-state index in [2.05, 4.69) is 21.6 Å². The van der Waals surface area contributed by atoms with Crippen LogP contribution in [-0.4, -0.2) is 100 Å². The van der Waals surface area contributed by atoms with Gasteiger partial charge < -0.3 is 20.0 Å². The number of carboxylic acids is 1. The van der Waals surface area contributed by atoms with Crippen LogP contribution in [0.2, 0.25) is 0 Å². The van der Waals surface area contributed by atoms with Crippen molar-refractivity contribution in [1.82, 2.24) is 19.6 Å². The molecule has 0 saturated carbocycles. The van der Waals surface area contributed by atoms with Gasteiger partial charge in [-0.05, 0) is 73.0 Å². The van der Waals surface area contributed by atoms with Crippen molar-refractivity contribution in [3.63, 3.8) is 0 Å². The van der Waals surface area contributed by atoms with Gasteiger partial charge in [0.2, 0.25) is 0 Å². The predicted octanol–water partition coefficient (Wildman–Crippen LogP) is 4.45. The van der Waals surface area contributed by atoms with Crippen LogP contribution in [-0.2, 0) is 11.3 Å². The molecule has 9 heteroatoms. The highest BCUT2D eigenvalue weighted by Crippen LogP contribution is 2.34. The molecular formula is C34H41FN4O4. The summed E-state index contributed by atoms with van der Waals surface area (Å²) in [7, 11) is 0. The standard InChI is InChI=1S/C34H41FN4O4/c1-25-23-37(24-26-6-2-10-30(35)20-26)17-19-39(25)33(28-8-4-11-31(40)22-28)27-7-3-9-29(21-27)34(43)38-14-5-13-36(16-18-38)15-12-32(41)42/h2-4,6-11,20-22,25,33,40H,5,12-19,23-24H2,1H3,(H,41,42). The minimum atomic E-state index is -0.808. The molecule has 2 unspecified atom stereocenters. The van der Waals surface area contributed by atoms with Crippen LogP contribution in [0.4, 0.5) is 4.39 Å². The fourth-order valence-corrected chi connectivity index (χ4v) is 6.41. The van der Waals surface area contributed by atoms with Gasteiger partial charge in [-0.25, -0.2) is 4.39 Å². The second kappa shape index (κ2) is 14.1. The maximum atomic E-state index is 13.8. The largest absolute Gasteiger partial charge is 0.508 e. The number of halogens is 1. The molecule has 0 aliphatic carbocycles. The molecule has 3 aromatic carbocycles. The quantitative estimate of drug-likeness (QED) is 0.382. The molecule has 8 nitrogen and oxygen atoms in total. The maximum Gasteiger partial charge on any atom is 0.304 e. The predicted molar refractivity (Wildman–Crippen MR) is 163 cm³/mol. The van der Waals surface area contributed by atoms with Crippen LogP contribution in [0, 0.1) is 5.82 Å². The van der Waals surface area contributed by atoms with E-state index < -0.39 is 5.97 Å². The Kier molecular flexibility index (Phi) is 10.1. The Morgan fingerprint density at radius 2 is 1.63 bits per heavy atom. The molecule has 2 aliphatic heterocycles. The number of carboxylic acid groups (broad SMARTS) is 1. The number of phenols is 1. The summed E-state index contributed by atoms with van der Waals surface area (Å²) < 4.78 is 13.8. The molecule has 1 amide bonds. The van der Waals surface area contributed by atoms with Crippen LogP contribution in [0.15, 0.2) is 72.8 Å². The summed E-state index contributed by atoms with van der Waals surface area (Å²) in [5.41, 5.74) is 3.52. The van der Waals surface area contributed by atoms with Crippen LogP contribution in [0.5, 0.6) is 5.75 Å². The summed E-state index contributed by atoms with van der Waals surface area (Å²) >= 11 is 0. The molecule has 0 bridgehead atoms. The van der Waals surface area contributed by atoms with Crippen LogP contribution in [0.1, 0.15) is 52.9 Å². The summed E-state index contributed by atoms with van der Waals surface area (Å²) in [6, 6.07) is 21.9. The summed E-state index contributed by atoms with van der Waals surface area (Å²) in [5.74, 6) is -0.857. The van der Waals surface area contributed by atoms with E-state index in [1.54, 1.807) is 24.3 Å². The van der Waals surface area contributed by atoms with Crippen LogP contribution >= 0.6 is 0 Å². The fourth-order valence-electron chi connectivity index (χ4n) is 6.41. The van der Waals surface area contributed by atoms with E-state index in [0.29, 0.717) is 38.3 Å². The number of aliphatic carboxylic acids is 1. The third-order valence-corrected chi connectivity index (χ3v) is 8.54. The highest BCUT2D eigenvalue weighted by atomic mass is 19.1. The smallest absolute Gasteiger partial charge is 0.304 e. The zero-order valence-corrected chi connectivity index (χ0v) is 24.7. The number of rotatable bonds is 9. The Balaban J connectivity index is 1.34. The van der Waals surface area contributed by atoms with Gasteiger partial charge in [0.05, 0.1) is 12.5 Å². The van der Waals surface area contributed by atoms with Crippen molar-refractivity contribution in [2.75, 3.05) is 52.4 Å². The van der Waals surface area contributed by atoms with Crippen molar-refractivity contribution in [1.29, 1.82) is 0 Å². The van der Waals surface area contributed by atoms with Gasteiger partial charge in [-0.3, -0.25) is 19.4 Å². The Labute approximate surface area is 252 Å². The monoisotopic (exact) mass is 588 g/mol. The molecule has 43 heavy (non-hydrogen) atoms. The maximum absolute atomic E-state index is 13.8. The summed E-state index contributed by atoms with van der Waals surface area (Å²) in [5, 5.41) is 19.4. The number of nitrogens with zero attached hydrogens (tertiary/aromatic N) is 4. The number of amides is 1. The third-order valence-electron chi connectivity index (χ3n) is 8.54. The lowest BCUT2D eigenvalue weighted by Gasteiger charge is -2.44. The summed E-state index contributed by atoms with van der Waals surface area (Å²) in [4.78, 5) is 33.5. The second-order valence-corrected chi connectivity index (χ2v) is 11.7. The fraction of sp³-hybridized carbons (Fsp3) is 0.412. The Morgan fingerprint density at radius 3 is 2.37 bits per heavy atom.